The van der Waals surface area contributed by atoms with Crippen molar-refractivity contribution in [2.75, 3.05) is 20.3 Å². The van der Waals surface area contributed by atoms with Crippen molar-refractivity contribution in [2.45, 2.75) is 57.3 Å². The summed E-state index contributed by atoms with van der Waals surface area (Å²) >= 11 is 0. The number of benzene rings is 1. The highest BCUT2D eigenvalue weighted by molar-refractivity contribution is 6.48. The average molecular weight is 483 g/mol. The zero-order valence-electron chi connectivity index (χ0n) is 20.9. The number of methoxy groups -OCH3 is 1. The van der Waals surface area contributed by atoms with Gasteiger partial charge in [0.25, 0.3) is 5.91 Å². The smallest absolute Gasteiger partial charge is 0.481 e. The Balaban J connectivity index is 1.71. The van der Waals surface area contributed by atoms with E-state index in [2.05, 4.69) is 15.6 Å². The zero-order chi connectivity index (χ0) is 25.5. The van der Waals surface area contributed by atoms with Gasteiger partial charge in [0, 0.05) is 25.9 Å². The Morgan fingerprint density at radius 1 is 1.03 bits per heavy atom. The van der Waals surface area contributed by atoms with E-state index in [-0.39, 0.29) is 6.61 Å². The van der Waals surface area contributed by atoms with Crippen molar-refractivity contribution in [3.05, 3.63) is 60.4 Å². The Morgan fingerprint density at radius 3 is 2.31 bits per heavy atom. The van der Waals surface area contributed by atoms with Crippen LogP contribution in [0.15, 0.2) is 54.9 Å². The summed E-state index contributed by atoms with van der Waals surface area (Å²) in [5.74, 6) is -0.632. The maximum absolute atomic E-state index is 13.2. The van der Waals surface area contributed by atoms with Crippen LogP contribution in [0.5, 0.6) is 5.75 Å². The normalized spacial score (nSPS) is 17.9. The maximum Gasteiger partial charge on any atom is 0.481 e. The predicted molar refractivity (Wildman–Crippen MR) is 132 cm³/mol. The summed E-state index contributed by atoms with van der Waals surface area (Å²) in [5.41, 5.74) is -0.789. The minimum Gasteiger partial charge on any atom is -0.494 e. The number of rotatable bonds is 11. The van der Waals surface area contributed by atoms with Crippen molar-refractivity contribution in [1.29, 1.82) is 0 Å². The zero-order valence-corrected chi connectivity index (χ0v) is 20.9. The first-order chi connectivity index (χ1) is 16.6. The number of amides is 2. The Labute approximate surface area is 207 Å². The van der Waals surface area contributed by atoms with Crippen LogP contribution < -0.4 is 15.4 Å². The lowest BCUT2D eigenvalue weighted by Crippen LogP contribution is -2.56. The molecular weight excluding hydrogens is 449 g/mol. The van der Waals surface area contributed by atoms with Gasteiger partial charge in [-0.1, -0.05) is 18.2 Å². The molecular formula is C25H34BN3O6. The number of nitrogens with zero attached hydrogens (tertiary/aromatic N) is 1. The highest BCUT2D eigenvalue weighted by Crippen LogP contribution is 2.37. The van der Waals surface area contributed by atoms with Crippen LogP contribution in [0.3, 0.4) is 0 Å². The monoisotopic (exact) mass is 483 g/mol. The molecule has 2 atom stereocenters. The van der Waals surface area contributed by atoms with Gasteiger partial charge in [0.2, 0.25) is 5.91 Å². The highest BCUT2D eigenvalue weighted by atomic mass is 16.7. The summed E-state index contributed by atoms with van der Waals surface area (Å²) in [6, 6.07) is 11.8. The molecule has 1 aliphatic heterocycles. The Kier molecular flexibility index (Phi) is 8.88. The lowest BCUT2D eigenvalue weighted by Gasteiger charge is -2.32. The molecule has 1 aromatic carbocycles. The maximum atomic E-state index is 13.2. The van der Waals surface area contributed by atoms with Crippen LogP contribution in [0.25, 0.3) is 0 Å². The van der Waals surface area contributed by atoms with Crippen molar-refractivity contribution in [3.63, 3.8) is 0 Å². The third-order valence-electron chi connectivity index (χ3n) is 6.25. The van der Waals surface area contributed by atoms with Crippen molar-refractivity contribution >= 4 is 18.9 Å². The second-order valence-corrected chi connectivity index (χ2v) is 9.41. The SMILES string of the molecule is COCC(NC(=O)c1cccnc1)C(=O)N[C@@H](CCOc1ccccc1)B1OC(C)(C)C(C)(C)O1. The number of carbonyl (C=O) groups is 2. The second kappa shape index (κ2) is 11.7. The van der Waals surface area contributed by atoms with Gasteiger partial charge in [-0.05, 0) is 52.0 Å². The molecule has 3 rings (SSSR count). The van der Waals surface area contributed by atoms with E-state index in [1.165, 1.54) is 13.3 Å². The molecule has 0 radical (unpaired) electrons. The summed E-state index contributed by atoms with van der Waals surface area (Å²) in [6.45, 7) is 8.13. The summed E-state index contributed by atoms with van der Waals surface area (Å²) in [6.07, 6.45) is 3.43. The van der Waals surface area contributed by atoms with Crippen molar-refractivity contribution in [2.24, 2.45) is 0 Å². The van der Waals surface area contributed by atoms with E-state index in [4.69, 9.17) is 18.8 Å². The number of hydrogen-bond donors (Lipinski definition) is 2. The minimum absolute atomic E-state index is 0.00552. The lowest BCUT2D eigenvalue weighted by atomic mass is 9.76. The molecule has 9 nitrogen and oxygen atoms in total. The standard InChI is InChI=1S/C25H34BN3O6/c1-24(2)25(3,4)35-26(34-24)21(13-15-33-19-11-7-6-8-12-19)29-23(31)20(17-32-5)28-22(30)18-10-9-14-27-16-18/h6-12,14,16,20-21H,13,15,17H2,1-5H3,(H,28,30)(H,29,31)/t20?,21-/m0/s1. The van der Waals surface area contributed by atoms with Gasteiger partial charge < -0.3 is 29.4 Å². The molecule has 2 N–H and O–H groups in total. The fourth-order valence-corrected chi connectivity index (χ4v) is 3.52. The van der Waals surface area contributed by atoms with Gasteiger partial charge in [0.15, 0.2) is 0 Å². The van der Waals surface area contributed by atoms with Crippen LogP contribution in [0.4, 0.5) is 0 Å². The van der Waals surface area contributed by atoms with E-state index < -0.39 is 42.1 Å². The Bertz CT molecular complexity index is 958. The number of aromatic nitrogens is 1. The molecule has 1 aromatic heterocycles. The van der Waals surface area contributed by atoms with Crippen molar-refractivity contribution in [1.82, 2.24) is 15.6 Å². The van der Waals surface area contributed by atoms with Gasteiger partial charge in [-0.25, -0.2) is 0 Å². The van der Waals surface area contributed by atoms with Crippen molar-refractivity contribution < 1.29 is 28.4 Å². The second-order valence-electron chi connectivity index (χ2n) is 9.41. The van der Waals surface area contributed by atoms with Gasteiger partial charge in [0.05, 0.1) is 35.9 Å². The molecule has 0 aliphatic carbocycles. The molecule has 1 saturated heterocycles. The first-order valence-electron chi connectivity index (χ1n) is 11.7. The van der Waals surface area contributed by atoms with Gasteiger partial charge in [-0.3, -0.25) is 14.6 Å². The molecule has 2 amide bonds. The third-order valence-corrected chi connectivity index (χ3v) is 6.25. The van der Waals surface area contributed by atoms with E-state index >= 15 is 0 Å². The van der Waals surface area contributed by atoms with Crippen LogP contribution in [0.1, 0.15) is 44.5 Å². The van der Waals surface area contributed by atoms with E-state index in [9.17, 15) is 9.59 Å². The Hall–Kier alpha value is -2.95. The van der Waals surface area contributed by atoms with E-state index in [0.29, 0.717) is 18.6 Å². The topological polar surface area (TPSA) is 108 Å². The molecule has 0 spiro atoms. The summed E-state index contributed by atoms with van der Waals surface area (Å²) in [7, 11) is 0.774. The highest BCUT2D eigenvalue weighted by Gasteiger charge is 2.54. The fraction of sp³-hybridized carbons (Fsp3) is 0.480. The summed E-state index contributed by atoms with van der Waals surface area (Å²) < 4.78 is 23.4. The predicted octanol–water partition coefficient (Wildman–Crippen LogP) is 2.41. The van der Waals surface area contributed by atoms with E-state index in [0.717, 1.165) is 5.75 Å². The number of pyridine rings is 1. The quantitative estimate of drug-likeness (QED) is 0.473. The van der Waals surface area contributed by atoms with Gasteiger partial charge in [0.1, 0.15) is 11.8 Å². The molecule has 1 unspecified atom stereocenters. The van der Waals surface area contributed by atoms with Crippen LogP contribution in [0.2, 0.25) is 0 Å². The van der Waals surface area contributed by atoms with Crippen LogP contribution in [0, 0.1) is 0 Å². The van der Waals surface area contributed by atoms with Gasteiger partial charge in [-0.15, -0.1) is 0 Å². The average Bonchev–Trinajstić information content (AvgIpc) is 3.05. The molecule has 10 heteroatoms. The molecule has 188 valence electrons. The minimum atomic E-state index is -0.923. The van der Waals surface area contributed by atoms with Gasteiger partial charge in [-0.2, -0.15) is 0 Å². The molecule has 1 aliphatic rings. The van der Waals surface area contributed by atoms with E-state index in [1.807, 2.05) is 58.0 Å². The molecule has 35 heavy (non-hydrogen) atoms. The van der Waals surface area contributed by atoms with Crippen LogP contribution >= 0.6 is 0 Å². The van der Waals surface area contributed by atoms with Crippen molar-refractivity contribution in [3.8, 4) is 5.75 Å². The number of hydrogen-bond acceptors (Lipinski definition) is 7. The molecule has 2 aromatic rings. The lowest BCUT2D eigenvalue weighted by molar-refractivity contribution is -0.124. The third kappa shape index (κ3) is 7.03. The number of carbonyl (C=O) groups excluding carboxylic acids is 2. The van der Waals surface area contributed by atoms with Crippen LogP contribution in [-0.4, -0.2) is 67.4 Å². The largest absolute Gasteiger partial charge is 0.494 e. The first kappa shape index (κ1) is 26.7. The van der Waals surface area contributed by atoms with E-state index in [1.54, 1.807) is 18.3 Å². The molecule has 2 heterocycles. The molecule has 0 bridgehead atoms. The number of ether oxygens (including phenoxy) is 2. The first-order valence-corrected chi connectivity index (χ1v) is 11.7. The Morgan fingerprint density at radius 2 is 1.71 bits per heavy atom. The fourth-order valence-electron chi connectivity index (χ4n) is 3.52. The van der Waals surface area contributed by atoms with Gasteiger partial charge >= 0.3 is 7.12 Å². The number of para-hydroxylation sites is 1. The van der Waals surface area contributed by atoms with Crippen LogP contribution in [-0.2, 0) is 18.8 Å². The summed E-state index contributed by atoms with van der Waals surface area (Å²) in [5, 5.41) is 5.70. The number of nitrogens with one attached hydrogen (secondary N) is 2. The summed E-state index contributed by atoms with van der Waals surface area (Å²) in [4.78, 5) is 29.8. The molecule has 1 fully saturated rings. The molecule has 0 saturated carbocycles.